The molecule has 0 atom stereocenters. The Morgan fingerprint density at radius 2 is 1.48 bits per heavy atom. The second-order valence-electron chi connectivity index (χ2n) is 6.50. The van der Waals surface area contributed by atoms with E-state index in [2.05, 4.69) is 15.0 Å². The van der Waals surface area contributed by atoms with Gasteiger partial charge in [-0.3, -0.25) is 0 Å². The van der Waals surface area contributed by atoms with Crippen molar-refractivity contribution in [2.24, 2.45) is 0 Å². The van der Waals surface area contributed by atoms with E-state index in [1.54, 1.807) is 18.2 Å². The molecule has 0 saturated heterocycles. The first-order valence-electron chi connectivity index (χ1n) is 9.32. The summed E-state index contributed by atoms with van der Waals surface area (Å²) >= 11 is 0. The molecule has 0 unspecified atom stereocenters. The van der Waals surface area contributed by atoms with Crippen LogP contribution in [0.1, 0.15) is 6.92 Å². The van der Waals surface area contributed by atoms with Crippen molar-refractivity contribution in [3.05, 3.63) is 66.7 Å². The van der Waals surface area contributed by atoms with Gasteiger partial charge < -0.3 is 14.3 Å². The van der Waals surface area contributed by atoms with E-state index in [-0.39, 0.29) is 11.8 Å². The van der Waals surface area contributed by atoms with Crippen molar-refractivity contribution in [3.8, 4) is 34.5 Å². The van der Waals surface area contributed by atoms with Crippen molar-refractivity contribution in [3.63, 3.8) is 0 Å². The second-order valence-corrected chi connectivity index (χ2v) is 6.50. The molecule has 0 fully saturated rings. The third-order valence-electron chi connectivity index (χ3n) is 4.68. The van der Waals surface area contributed by atoms with Gasteiger partial charge in [-0.2, -0.15) is 9.97 Å². The zero-order chi connectivity index (χ0) is 19.8. The lowest BCUT2D eigenvalue weighted by atomic mass is 10.1. The van der Waals surface area contributed by atoms with E-state index in [4.69, 9.17) is 9.15 Å². The Kier molecular flexibility index (Phi) is 4.09. The Bertz CT molecular complexity index is 1340. The molecule has 6 heteroatoms. The Morgan fingerprint density at radius 3 is 2.31 bits per heavy atom. The number of benzene rings is 3. The lowest BCUT2D eigenvalue weighted by molar-refractivity contribution is 0.312. The van der Waals surface area contributed by atoms with E-state index in [9.17, 15) is 5.11 Å². The molecule has 0 saturated carbocycles. The van der Waals surface area contributed by atoms with Crippen molar-refractivity contribution in [2.75, 3.05) is 6.61 Å². The molecule has 0 spiro atoms. The number of hydrogen-bond acceptors (Lipinski definition) is 6. The Morgan fingerprint density at radius 1 is 0.793 bits per heavy atom. The predicted molar refractivity (Wildman–Crippen MR) is 111 cm³/mol. The highest BCUT2D eigenvalue weighted by Crippen LogP contribution is 2.36. The Hall–Kier alpha value is -3.93. The zero-order valence-electron chi connectivity index (χ0n) is 15.7. The van der Waals surface area contributed by atoms with Gasteiger partial charge in [-0.05, 0) is 31.2 Å². The van der Waals surface area contributed by atoms with Crippen LogP contribution in [0.15, 0.2) is 71.1 Å². The zero-order valence-corrected chi connectivity index (χ0v) is 15.7. The minimum Gasteiger partial charge on any atom is -0.507 e. The maximum Gasteiger partial charge on any atom is 0.320 e. The van der Waals surface area contributed by atoms with Gasteiger partial charge in [-0.1, -0.05) is 42.5 Å². The molecule has 0 aliphatic carbocycles. The molecule has 2 heterocycles. The normalized spacial score (nSPS) is 11.2. The van der Waals surface area contributed by atoms with Crippen molar-refractivity contribution >= 4 is 21.9 Å². The highest BCUT2D eigenvalue weighted by Gasteiger charge is 2.18. The van der Waals surface area contributed by atoms with Gasteiger partial charge in [0.1, 0.15) is 16.9 Å². The highest BCUT2D eigenvalue weighted by molar-refractivity contribution is 6.09. The molecule has 3 aromatic carbocycles. The summed E-state index contributed by atoms with van der Waals surface area (Å²) < 4.78 is 11.7. The van der Waals surface area contributed by atoms with Crippen LogP contribution in [0.5, 0.6) is 11.8 Å². The molecule has 142 valence electrons. The van der Waals surface area contributed by atoms with Crippen molar-refractivity contribution < 1.29 is 14.3 Å². The minimum atomic E-state index is 0.0917. The Balaban J connectivity index is 1.77. The van der Waals surface area contributed by atoms with Crippen LogP contribution in [0, 0.1) is 0 Å². The van der Waals surface area contributed by atoms with Gasteiger partial charge in [0.2, 0.25) is 0 Å². The maximum absolute atomic E-state index is 10.3. The van der Waals surface area contributed by atoms with Gasteiger partial charge in [0.25, 0.3) is 0 Å². The molecule has 2 aromatic heterocycles. The molecule has 29 heavy (non-hydrogen) atoms. The van der Waals surface area contributed by atoms with Crippen molar-refractivity contribution in [1.82, 2.24) is 15.0 Å². The number of ether oxygens (including phenoxy) is 1. The monoisotopic (exact) mass is 383 g/mol. The number of hydrogen-bond donors (Lipinski definition) is 1. The average molecular weight is 383 g/mol. The van der Waals surface area contributed by atoms with Crippen LogP contribution in [0.3, 0.4) is 0 Å². The number of rotatable bonds is 4. The van der Waals surface area contributed by atoms with E-state index in [1.807, 2.05) is 55.5 Å². The summed E-state index contributed by atoms with van der Waals surface area (Å²) in [6, 6.07) is 20.9. The second kappa shape index (κ2) is 6.91. The van der Waals surface area contributed by atoms with Crippen LogP contribution in [-0.2, 0) is 0 Å². The van der Waals surface area contributed by atoms with Gasteiger partial charge in [0.05, 0.1) is 17.7 Å². The summed E-state index contributed by atoms with van der Waals surface area (Å²) in [6.45, 7) is 2.28. The molecule has 5 aromatic rings. The highest BCUT2D eigenvalue weighted by atomic mass is 16.5. The number of phenolic OH excluding ortho intramolecular Hbond substituents is 1. The fourth-order valence-electron chi connectivity index (χ4n) is 3.38. The fraction of sp³-hybridized carbons (Fsp3) is 0.0870. The summed E-state index contributed by atoms with van der Waals surface area (Å²) in [5.41, 5.74) is 2.74. The SMILES string of the molecule is CCOc1nc(-c2ccccc2O)nc(-c2cccc3c2oc2ccccc23)n1. The number of furan rings is 1. The van der Waals surface area contributed by atoms with Crippen LogP contribution in [0.4, 0.5) is 0 Å². The number of phenols is 1. The molecular weight excluding hydrogens is 366 g/mol. The van der Waals surface area contributed by atoms with Crippen LogP contribution in [-0.4, -0.2) is 26.7 Å². The lowest BCUT2D eigenvalue weighted by Crippen LogP contribution is -2.03. The van der Waals surface area contributed by atoms with E-state index in [0.29, 0.717) is 29.4 Å². The van der Waals surface area contributed by atoms with E-state index < -0.39 is 0 Å². The molecule has 0 aliphatic rings. The lowest BCUT2D eigenvalue weighted by Gasteiger charge is -2.09. The summed E-state index contributed by atoms with van der Waals surface area (Å²) in [5, 5.41) is 12.3. The molecule has 0 amide bonds. The van der Waals surface area contributed by atoms with E-state index in [0.717, 1.165) is 21.9 Å². The van der Waals surface area contributed by atoms with E-state index in [1.165, 1.54) is 0 Å². The van der Waals surface area contributed by atoms with Gasteiger partial charge >= 0.3 is 6.01 Å². The molecule has 0 radical (unpaired) electrons. The molecule has 5 rings (SSSR count). The minimum absolute atomic E-state index is 0.0917. The fourth-order valence-corrected chi connectivity index (χ4v) is 3.38. The summed E-state index contributed by atoms with van der Waals surface area (Å²) in [5.74, 6) is 0.852. The third kappa shape index (κ3) is 2.95. The van der Waals surface area contributed by atoms with E-state index >= 15 is 0 Å². The molecule has 6 nitrogen and oxygen atoms in total. The maximum atomic E-state index is 10.3. The van der Waals surface area contributed by atoms with Crippen LogP contribution in [0.25, 0.3) is 44.7 Å². The quantitative estimate of drug-likeness (QED) is 0.459. The summed E-state index contributed by atoms with van der Waals surface area (Å²) in [6.07, 6.45) is 0. The van der Waals surface area contributed by atoms with Crippen LogP contribution in [0.2, 0.25) is 0 Å². The van der Waals surface area contributed by atoms with Gasteiger partial charge in [-0.25, -0.2) is 4.98 Å². The van der Waals surface area contributed by atoms with Crippen molar-refractivity contribution in [2.45, 2.75) is 6.92 Å². The van der Waals surface area contributed by atoms with Gasteiger partial charge in [0.15, 0.2) is 11.6 Å². The number of aromatic nitrogens is 3. The number of fused-ring (bicyclic) bond motifs is 3. The summed E-state index contributed by atoms with van der Waals surface area (Å²) in [4.78, 5) is 13.5. The number of nitrogens with zero attached hydrogens (tertiary/aromatic N) is 3. The number of aromatic hydroxyl groups is 1. The standard InChI is InChI=1S/C23H17N3O3/c1-2-28-23-25-21(16-9-3-5-12-18(16)27)24-22(26-23)17-11-7-10-15-14-8-4-6-13-19(14)29-20(15)17/h3-13,27H,2H2,1H3. The van der Waals surface area contributed by atoms with Crippen LogP contribution >= 0.6 is 0 Å². The topological polar surface area (TPSA) is 81.3 Å². The molecule has 0 aliphatic heterocycles. The first-order chi connectivity index (χ1) is 14.2. The summed E-state index contributed by atoms with van der Waals surface area (Å²) in [7, 11) is 0. The van der Waals surface area contributed by atoms with Gasteiger partial charge in [0, 0.05) is 10.8 Å². The van der Waals surface area contributed by atoms with Crippen LogP contribution < -0.4 is 4.74 Å². The molecule has 0 bridgehead atoms. The number of para-hydroxylation sites is 3. The smallest absolute Gasteiger partial charge is 0.320 e. The first kappa shape index (κ1) is 17.2. The third-order valence-corrected chi connectivity index (χ3v) is 4.68. The molecule has 1 N–H and O–H groups in total. The largest absolute Gasteiger partial charge is 0.507 e. The average Bonchev–Trinajstić information content (AvgIpc) is 3.13. The molecular formula is C23H17N3O3. The van der Waals surface area contributed by atoms with Gasteiger partial charge in [-0.15, -0.1) is 0 Å². The predicted octanol–water partition coefficient (Wildman–Crippen LogP) is 5.21. The van der Waals surface area contributed by atoms with Crippen molar-refractivity contribution in [1.29, 1.82) is 0 Å². The first-order valence-corrected chi connectivity index (χ1v) is 9.32. The Labute approximate surface area is 166 Å².